The highest BCUT2D eigenvalue weighted by Crippen LogP contribution is 2.41. The fraction of sp³-hybridized carbons (Fsp3) is 0.528. The van der Waals surface area contributed by atoms with E-state index in [1.807, 2.05) is 54.2 Å². The molecule has 13 nitrogen and oxygen atoms in total. The smallest absolute Gasteiger partial charge is 0.344 e. The fourth-order valence-electron chi connectivity index (χ4n) is 6.56. The van der Waals surface area contributed by atoms with Crippen molar-refractivity contribution in [2.75, 3.05) is 49.8 Å². The molecule has 1 aliphatic heterocycles. The number of aromatic nitrogens is 1. The standard InChI is InChI=1S/C36H49N3O10S2/c1-27-26-36(2,3)39(17-9-11-34(40)38(15-5-7-20-48-4)16-10-22-51(45,46)47)32-25-33-29(23-30(27)32)24-31(35(41)49-33)28-12-18-37(19-13-28)14-6-8-21-50(42,43)44/h12-13,18-19,23-26H,5-11,14-17,20-22H2,1-4H3,(H-,42,43,44,45,46,47)/p+1. The second-order valence-electron chi connectivity index (χ2n) is 13.6. The number of hydrogen-bond acceptors (Lipinski definition) is 9. The molecule has 0 saturated carbocycles. The monoisotopic (exact) mass is 748 g/mol. The van der Waals surface area contributed by atoms with Crippen molar-refractivity contribution in [3.8, 4) is 11.1 Å². The summed E-state index contributed by atoms with van der Waals surface area (Å²) in [7, 11) is -6.48. The van der Waals surface area contributed by atoms with E-state index >= 15 is 0 Å². The second-order valence-corrected chi connectivity index (χ2v) is 16.8. The van der Waals surface area contributed by atoms with Gasteiger partial charge >= 0.3 is 5.63 Å². The van der Waals surface area contributed by atoms with Gasteiger partial charge in [0.2, 0.25) is 5.91 Å². The van der Waals surface area contributed by atoms with Gasteiger partial charge in [-0.15, -0.1) is 0 Å². The molecule has 0 unspecified atom stereocenters. The third-order valence-electron chi connectivity index (χ3n) is 9.08. The maximum atomic E-state index is 13.3. The SMILES string of the molecule is COCCCCN(CCCS(=O)(=O)O)C(=O)CCCN1c2cc3oc(=O)c(-c4cc[n+](CCCCS(=O)(=O)O)cc4)cc3cc2C(C)=CC1(C)C. The van der Waals surface area contributed by atoms with E-state index in [1.54, 1.807) is 12.0 Å². The van der Waals surface area contributed by atoms with E-state index < -0.39 is 37.2 Å². The molecule has 0 radical (unpaired) electrons. The molecular weight excluding hydrogens is 699 g/mol. The molecule has 1 amide bonds. The van der Waals surface area contributed by atoms with Gasteiger partial charge in [-0.25, -0.2) is 9.36 Å². The minimum Gasteiger partial charge on any atom is -0.422 e. The van der Waals surface area contributed by atoms with Gasteiger partial charge in [-0.3, -0.25) is 13.9 Å². The van der Waals surface area contributed by atoms with Gasteiger partial charge in [-0.1, -0.05) is 6.08 Å². The summed E-state index contributed by atoms with van der Waals surface area (Å²) in [4.78, 5) is 30.4. The number of carbonyl (C=O) groups excluding carboxylic acids is 1. The highest BCUT2D eigenvalue weighted by Gasteiger charge is 2.32. The quantitative estimate of drug-likeness (QED) is 0.0751. The van der Waals surface area contributed by atoms with E-state index in [2.05, 4.69) is 24.8 Å². The van der Waals surface area contributed by atoms with Crippen LogP contribution in [0, 0.1) is 0 Å². The first-order valence-electron chi connectivity index (χ1n) is 17.2. The van der Waals surface area contributed by atoms with Gasteiger partial charge in [0.15, 0.2) is 12.4 Å². The third-order valence-corrected chi connectivity index (χ3v) is 10.7. The number of ether oxygens (including phenoxy) is 1. The Bertz CT molecular complexity index is 1990. The normalized spacial score (nSPS) is 14.4. The molecule has 0 bridgehead atoms. The number of rotatable bonds is 19. The molecule has 0 aliphatic carbocycles. The predicted octanol–water partition coefficient (Wildman–Crippen LogP) is 4.73. The van der Waals surface area contributed by atoms with E-state index in [4.69, 9.17) is 18.3 Å². The van der Waals surface area contributed by atoms with Gasteiger partial charge in [0, 0.05) is 86.6 Å². The van der Waals surface area contributed by atoms with Crippen molar-refractivity contribution in [2.45, 2.75) is 77.8 Å². The van der Waals surface area contributed by atoms with Crippen molar-refractivity contribution in [1.29, 1.82) is 0 Å². The molecule has 4 rings (SSSR count). The summed E-state index contributed by atoms with van der Waals surface area (Å²) in [6, 6.07) is 9.35. The van der Waals surface area contributed by atoms with Crippen molar-refractivity contribution in [2.24, 2.45) is 0 Å². The summed E-state index contributed by atoms with van der Waals surface area (Å²) in [5.41, 5.74) is 3.64. The van der Waals surface area contributed by atoms with Crippen LogP contribution in [0.1, 0.15) is 71.3 Å². The first-order chi connectivity index (χ1) is 24.0. The Kier molecular flexibility index (Phi) is 13.6. The summed E-state index contributed by atoms with van der Waals surface area (Å²) < 4.78 is 75.4. The van der Waals surface area contributed by atoms with E-state index in [0.29, 0.717) is 68.6 Å². The number of fused-ring (bicyclic) bond motifs is 2. The average molecular weight is 749 g/mol. The molecule has 3 aromatic rings. The van der Waals surface area contributed by atoms with Gasteiger partial charge < -0.3 is 19.0 Å². The number of benzene rings is 1. The molecule has 51 heavy (non-hydrogen) atoms. The minimum atomic E-state index is -4.11. The van der Waals surface area contributed by atoms with Crippen LogP contribution in [0.3, 0.4) is 0 Å². The lowest BCUT2D eigenvalue weighted by Gasteiger charge is -2.43. The van der Waals surface area contributed by atoms with Gasteiger partial charge in [-0.05, 0) is 70.6 Å². The number of methoxy groups -OCH3 is 1. The van der Waals surface area contributed by atoms with Crippen LogP contribution in [0.25, 0.3) is 27.7 Å². The maximum Gasteiger partial charge on any atom is 0.344 e. The molecule has 2 aromatic heterocycles. The van der Waals surface area contributed by atoms with Crippen LogP contribution in [0.15, 0.2) is 58.0 Å². The van der Waals surface area contributed by atoms with E-state index in [1.165, 1.54) is 0 Å². The highest BCUT2D eigenvalue weighted by atomic mass is 32.2. The lowest BCUT2D eigenvalue weighted by atomic mass is 9.87. The van der Waals surface area contributed by atoms with Crippen LogP contribution in [0.4, 0.5) is 5.69 Å². The van der Waals surface area contributed by atoms with Crippen LogP contribution in [-0.4, -0.2) is 87.1 Å². The van der Waals surface area contributed by atoms with E-state index in [-0.39, 0.29) is 31.0 Å². The fourth-order valence-corrected chi connectivity index (χ4v) is 7.62. The number of carbonyl (C=O) groups is 1. The summed E-state index contributed by atoms with van der Waals surface area (Å²) in [5.74, 6) is -0.763. The Labute approximate surface area is 300 Å². The number of pyridine rings is 1. The molecule has 0 spiro atoms. The first kappa shape index (κ1) is 40.1. The summed E-state index contributed by atoms with van der Waals surface area (Å²) in [6.45, 7) is 8.63. The van der Waals surface area contributed by atoms with Gasteiger partial charge in [0.25, 0.3) is 20.2 Å². The van der Waals surface area contributed by atoms with Gasteiger partial charge in [0.05, 0.1) is 22.6 Å². The molecule has 2 N–H and O–H groups in total. The van der Waals surface area contributed by atoms with Crippen LogP contribution in [-0.2, 0) is 36.3 Å². The Hall–Kier alpha value is -3.63. The zero-order chi connectivity index (χ0) is 37.4. The summed E-state index contributed by atoms with van der Waals surface area (Å²) >= 11 is 0. The second kappa shape index (κ2) is 17.3. The predicted molar refractivity (Wildman–Crippen MR) is 197 cm³/mol. The number of allylic oxidation sites excluding steroid dienone is 1. The number of nitrogens with zero attached hydrogens (tertiary/aromatic N) is 3. The number of unbranched alkanes of at least 4 members (excludes halogenated alkanes) is 2. The largest absolute Gasteiger partial charge is 0.422 e. The van der Waals surface area contributed by atoms with Crippen LogP contribution in [0.5, 0.6) is 0 Å². The molecule has 0 saturated heterocycles. The Morgan fingerprint density at radius 1 is 0.922 bits per heavy atom. The van der Waals surface area contributed by atoms with Crippen molar-refractivity contribution >= 4 is 48.4 Å². The number of anilines is 1. The molecule has 1 aliphatic rings. The van der Waals surface area contributed by atoms with Crippen molar-refractivity contribution in [1.82, 2.24) is 4.90 Å². The Morgan fingerprint density at radius 2 is 1.57 bits per heavy atom. The first-order valence-corrected chi connectivity index (χ1v) is 20.5. The Morgan fingerprint density at radius 3 is 2.24 bits per heavy atom. The number of hydrogen-bond donors (Lipinski definition) is 2. The molecule has 0 fully saturated rings. The van der Waals surface area contributed by atoms with E-state index in [9.17, 15) is 26.4 Å². The zero-order valence-corrected chi connectivity index (χ0v) is 31.5. The number of aryl methyl sites for hydroxylation is 1. The molecule has 3 heterocycles. The van der Waals surface area contributed by atoms with Gasteiger partial charge in [0.1, 0.15) is 12.1 Å². The van der Waals surface area contributed by atoms with Gasteiger partial charge in [-0.2, -0.15) is 16.8 Å². The van der Waals surface area contributed by atoms with Crippen molar-refractivity contribution < 1.29 is 44.5 Å². The zero-order valence-electron chi connectivity index (χ0n) is 29.8. The minimum absolute atomic E-state index is 0.0786. The van der Waals surface area contributed by atoms with Crippen LogP contribution in [0.2, 0.25) is 0 Å². The topological polar surface area (TPSA) is 176 Å². The maximum absolute atomic E-state index is 13.3. The summed E-state index contributed by atoms with van der Waals surface area (Å²) in [5, 5.41) is 0.766. The lowest BCUT2D eigenvalue weighted by molar-refractivity contribution is -0.697. The van der Waals surface area contributed by atoms with Crippen molar-refractivity contribution in [3.05, 3.63) is 64.8 Å². The third kappa shape index (κ3) is 11.7. The number of amides is 1. The molecule has 1 aromatic carbocycles. The average Bonchev–Trinajstić information content (AvgIpc) is 3.04. The highest BCUT2D eigenvalue weighted by molar-refractivity contribution is 7.86. The lowest BCUT2D eigenvalue weighted by Crippen LogP contribution is -2.46. The molecular formula is C36H50N3O10S2+. The van der Waals surface area contributed by atoms with Crippen LogP contribution >= 0.6 is 0 Å². The van der Waals surface area contributed by atoms with Crippen LogP contribution < -0.4 is 15.1 Å². The molecule has 0 atom stereocenters. The Balaban J connectivity index is 1.50. The van der Waals surface area contributed by atoms with E-state index in [0.717, 1.165) is 28.6 Å². The summed E-state index contributed by atoms with van der Waals surface area (Å²) in [6.07, 6.45) is 9.16. The van der Waals surface area contributed by atoms with Crippen molar-refractivity contribution in [3.63, 3.8) is 0 Å². The molecule has 15 heteroatoms. The molecule has 280 valence electrons.